The van der Waals surface area contributed by atoms with Gasteiger partial charge in [0.25, 0.3) is 0 Å². The molecule has 2 rings (SSSR count). The lowest BCUT2D eigenvalue weighted by Gasteiger charge is -2.19. The molecule has 0 heterocycles. The number of rotatable bonds is 3. The number of ketones is 2. The number of carbonyl (C=O) groups excluding carboxylic acids is 2. The van der Waals surface area contributed by atoms with Crippen LogP contribution in [0.2, 0.25) is 0 Å². The Hall–Kier alpha value is -1.65. The van der Waals surface area contributed by atoms with E-state index in [0.29, 0.717) is 25.7 Å². The average molecular weight is 284 g/mol. The van der Waals surface area contributed by atoms with Gasteiger partial charge in [0.05, 0.1) is 12.0 Å². The molecule has 0 N–H and O–H groups in total. The molecule has 1 aromatic carbocycles. The largest absolute Gasteiger partial charge is 0.416 e. The molecule has 1 aliphatic rings. The van der Waals surface area contributed by atoms with Gasteiger partial charge in [-0.15, -0.1) is 0 Å². The number of hydrogen-bond acceptors (Lipinski definition) is 2. The first-order valence-electron chi connectivity index (χ1n) is 6.57. The molecular formula is C15H15F3O2. The Balaban J connectivity index is 1.91. The van der Waals surface area contributed by atoms with Gasteiger partial charge in [0.1, 0.15) is 11.6 Å². The topological polar surface area (TPSA) is 34.1 Å². The van der Waals surface area contributed by atoms with Crippen LogP contribution in [-0.4, -0.2) is 11.6 Å². The molecule has 0 amide bonds. The highest BCUT2D eigenvalue weighted by atomic mass is 19.4. The Morgan fingerprint density at radius 1 is 1.10 bits per heavy atom. The summed E-state index contributed by atoms with van der Waals surface area (Å²) in [6.07, 6.45) is -2.15. The van der Waals surface area contributed by atoms with Gasteiger partial charge in [-0.3, -0.25) is 9.59 Å². The minimum absolute atomic E-state index is 0.0116. The van der Waals surface area contributed by atoms with Crippen molar-refractivity contribution in [2.75, 3.05) is 0 Å². The summed E-state index contributed by atoms with van der Waals surface area (Å²) >= 11 is 0. The third-order valence-corrected chi connectivity index (χ3v) is 3.66. The zero-order valence-electron chi connectivity index (χ0n) is 10.9. The standard InChI is InChI=1S/C15H15F3O2/c16-15(17,18)12-6-2-10(3-7-12)1-4-11-5-8-13(19)9-14(11)20/h2-3,6-7,11H,1,4-5,8-9H2. The number of hydrogen-bond donors (Lipinski definition) is 0. The van der Waals surface area contributed by atoms with E-state index in [-0.39, 0.29) is 23.9 Å². The first-order valence-corrected chi connectivity index (χ1v) is 6.57. The SMILES string of the molecule is O=C1CCC(CCc2ccc(C(F)(F)F)cc2)C(=O)C1. The fraction of sp³-hybridized carbons (Fsp3) is 0.467. The Morgan fingerprint density at radius 3 is 2.30 bits per heavy atom. The molecule has 1 aliphatic carbocycles. The molecular weight excluding hydrogens is 269 g/mol. The zero-order valence-corrected chi connectivity index (χ0v) is 10.9. The first-order chi connectivity index (χ1) is 9.36. The van der Waals surface area contributed by atoms with E-state index in [9.17, 15) is 22.8 Å². The van der Waals surface area contributed by atoms with Crippen LogP contribution < -0.4 is 0 Å². The van der Waals surface area contributed by atoms with Gasteiger partial charge in [0.15, 0.2) is 0 Å². The van der Waals surface area contributed by atoms with E-state index < -0.39 is 11.7 Å². The quantitative estimate of drug-likeness (QED) is 0.795. The fourth-order valence-electron chi connectivity index (χ4n) is 2.43. The van der Waals surface area contributed by atoms with Crippen molar-refractivity contribution in [3.05, 3.63) is 35.4 Å². The second-order valence-corrected chi connectivity index (χ2v) is 5.15. The molecule has 0 radical (unpaired) electrons. The van der Waals surface area contributed by atoms with Crippen LogP contribution in [0.15, 0.2) is 24.3 Å². The van der Waals surface area contributed by atoms with Gasteiger partial charge in [-0.25, -0.2) is 0 Å². The molecule has 108 valence electrons. The third kappa shape index (κ3) is 3.68. The van der Waals surface area contributed by atoms with E-state index in [4.69, 9.17) is 0 Å². The highest BCUT2D eigenvalue weighted by Crippen LogP contribution is 2.29. The Morgan fingerprint density at radius 2 is 1.75 bits per heavy atom. The van der Waals surface area contributed by atoms with Gasteiger partial charge in [-0.05, 0) is 37.0 Å². The summed E-state index contributed by atoms with van der Waals surface area (Å²) in [6, 6.07) is 5.01. The van der Waals surface area contributed by atoms with E-state index in [1.54, 1.807) is 0 Å². The van der Waals surface area contributed by atoms with Crippen LogP contribution in [0.1, 0.15) is 36.8 Å². The van der Waals surface area contributed by atoms with Crippen molar-refractivity contribution >= 4 is 11.6 Å². The lowest BCUT2D eigenvalue weighted by Crippen LogP contribution is -2.25. The molecule has 0 aliphatic heterocycles. The van der Waals surface area contributed by atoms with Crippen LogP contribution in [0.4, 0.5) is 13.2 Å². The van der Waals surface area contributed by atoms with Crippen molar-refractivity contribution in [3.63, 3.8) is 0 Å². The predicted octanol–water partition coefficient (Wildman–Crippen LogP) is 3.58. The van der Waals surface area contributed by atoms with Crippen LogP contribution >= 0.6 is 0 Å². The smallest absolute Gasteiger partial charge is 0.299 e. The summed E-state index contributed by atoms with van der Waals surface area (Å²) in [5, 5.41) is 0. The summed E-state index contributed by atoms with van der Waals surface area (Å²) in [5.74, 6) is -0.177. The van der Waals surface area contributed by atoms with Gasteiger partial charge in [0.2, 0.25) is 0 Å². The molecule has 1 fully saturated rings. The average Bonchev–Trinajstić information content (AvgIpc) is 2.37. The predicted molar refractivity (Wildman–Crippen MR) is 67.1 cm³/mol. The Labute approximate surface area is 115 Å². The minimum Gasteiger partial charge on any atom is -0.299 e. The van der Waals surface area contributed by atoms with Crippen molar-refractivity contribution in [1.29, 1.82) is 0 Å². The Kier molecular flexibility index (Phi) is 4.26. The van der Waals surface area contributed by atoms with Crippen LogP contribution in [0, 0.1) is 5.92 Å². The van der Waals surface area contributed by atoms with E-state index in [1.165, 1.54) is 12.1 Å². The number of carbonyl (C=O) groups is 2. The van der Waals surface area contributed by atoms with E-state index in [1.807, 2.05) is 0 Å². The van der Waals surface area contributed by atoms with Crippen molar-refractivity contribution in [1.82, 2.24) is 0 Å². The van der Waals surface area contributed by atoms with Crippen LogP contribution in [-0.2, 0) is 22.2 Å². The monoisotopic (exact) mass is 284 g/mol. The van der Waals surface area contributed by atoms with Crippen LogP contribution in [0.5, 0.6) is 0 Å². The molecule has 0 bridgehead atoms. The van der Waals surface area contributed by atoms with Crippen molar-refractivity contribution in [2.24, 2.45) is 5.92 Å². The van der Waals surface area contributed by atoms with E-state index in [2.05, 4.69) is 0 Å². The molecule has 1 atom stereocenters. The second kappa shape index (κ2) is 5.77. The molecule has 0 saturated heterocycles. The van der Waals surface area contributed by atoms with Crippen molar-refractivity contribution in [3.8, 4) is 0 Å². The van der Waals surface area contributed by atoms with Crippen molar-refractivity contribution in [2.45, 2.75) is 38.3 Å². The maximum atomic E-state index is 12.4. The lowest BCUT2D eigenvalue weighted by atomic mass is 9.83. The molecule has 1 unspecified atom stereocenters. The number of halogens is 3. The van der Waals surface area contributed by atoms with Gasteiger partial charge in [0, 0.05) is 12.3 Å². The normalized spacial score (nSPS) is 20.2. The maximum Gasteiger partial charge on any atom is 0.416 e. The van der Waals surface area contributed by atoms with E-state index >= 15 is 0 Å². The van der Waals surface area contributed by atoms with Crippen LogP contribution in [0.3, 0.4) is 0 Å². The Bertz CT molecular complexity index is 503. The summed E-state index contributed by atoms with van der Waals surface area (Å²) < 4.78 is 37.2. The summed E-state index contributed by atoms with van der Waals surface area (Å²) in [6.45, 7) is 0. The fourth-order valence-corrected chi connectivity index (χ4v) is 2.43. The van der Waals surface area contributed by atoms with Gasteiger partial charge in [-0.1, -0.05) is 12.1 Å². The van der Waals surface area contributed by atoms with Crippen LogP contribution in [0.25, 0.3) is 0 Å². The van der Waals surface area contributed by atoms with E-state index in [0.717, 1.165) is 17.7 Å². The van der Waals surface area contributed by atoms with Gasteiger partial charge < -0.3 is 0 Å². The third-order valence-electron chi connectivity index (χ3n) is 3.66. The number of Topliss-reactive ketones (excluding diaryl/α,β-unsaturated/α-hetero) is 2. The maximum absolute atomic E-state index is 12.4. The first kappa shape index (κ1) is 14.8. The second-order valence-electron chi connectivity index (χ2n) is 5.15. The number of alkyl halides is 3. The summed E-state index contributed by atoms with van der Waals surface area (Å²) in [7, 11) is 0. The molecule has 0 aromatic heterocycles. The van der Waals surface area contributed by atoms with Crippen molar-refractivity contribution < 1.29 is 22.8 Å². The zero-order chi connectivity index (χ0) is 14.8. The molecule has 20 heavy (non-hydrogen) atoms. The lowest BCUT2D eigenvalue weighted by molar-refractivity contribution is -0.137. The molecule has 5 heteroatoms. The molecule has 1 aromatic rings. The molecule has 1 saturated carbocycles. The number of benzene rings is 1. The molecule has 0 spiro atoms. The highest BCUT2D eigenvalue weighted by Gasteiger charge is 2.30. The molecule has 2 nitrogen and oxygen atoms in total. The highest BCUT2D eigenvalue weighted by molar-refractivity contribution is 6.02. The number of aryl methyl sites for hydroxylation is 1. The van der Waals surface area contributed by atoms with Gasteiger partial charge in [-0.2, -0.15) is 13.2 Å². The summed E-state index contributed by atoms with van der Waals surface area (Å²) in [4.78, 5) is 22.7. The minimum atomic E-state index is -4.32. The summed E-state index contributed by atoms with van der Waals surface area (Å²) in [5.41, 5.74) is 0.114. The van der Waals surface area contributed by atoms with Gasteiger partial charge >= 0.3 is 6.18 Å².